The van der Waals surface area contributed by atoms with E-state index in [0.717, 1.165) is 11.1 Å². The molecule has 0 N–H and O–H groups in total. The molecule has 37 heavy (non-hydrogen) atoms. The number of halogens is 1. The Morgan fingerprint density at radius 1 is 1.05 bits per heavy atom. The number of ketones is 1. The normalized spacial score (nSPS) is 13.5. The molecular formula is C28H36FNO7. The van der Waals surface area contributed by atoms with E-state index < -0.39 is 29.7 Å². The predicted octanol–water partition coefficient (Wildman–Crippen LogP) is 5.06. The van der Waals surface area contributed by atoms with Gasteiger partial charge in [-0.15, -0.1) is 0 Å². The molecular weight excluding hydrogens is 481 g/mol. The summed E-state index contributed by atoms with van der Waals surface area (Å²) in [6, 6.07) is 6.05. The van der Waals surface area contributed by atoms with E-state index >= 15 is 0 Å². The third-order valence-electron chi connectivity index (χ3n) is 6.09. The first-order valence-corrected chi connectivity index (χ1v) is 12.2. The lowest BCUT2D eigenvalue weighted by atomic mass is 9.82. The monoisotopic (exact) mass is 517 g/mol. The molecule has 0 spiro atoms. The molecule has 1 aromatic carbocycles. The van der Waals surface area contributed by atoms with Gasteiger partial charge in [0.05, 0.1) is 26.1 Å². The van der Waals surface area contributed by atoms with Crippen LogP contribution in [0.15, 0.2) is 30.5 Å². The van der Waals surface area contributed by atoms with E-state index in [2.05, 4.69) is 4.98 Å². The van der Waals surface area contributed by atoms with E-state index in [-0.39, 0.29) is 54.3 Å². The van der Waals surface area contributed by atoms with E-state index in [1.54, 1.807) is 19.9 Å². The van der Waals surface area contributed by atoms with Gasteiger partial charge in [0, 0.05) is 31.7 Å². The van der Waals surface area contributed by atoms with E-state index in [1.165, 1.54) is 38.6 Å². The lowest BCUT2D eigenvalue weighted by molar-refractivity contribution is -0.154. The van der Waals surface area contributed by atoms with Crippen LogP contribution in [0.2, 0.25) is 0 Å². The van der Waals surface area contributed by atoms with Crippen molar-refractivity contribution < 1.29 is 37.7 Å². The number of methoxy groups -OCH3 is 2. The van der Waals surface area contributed by atoms with E-state index in [1.807, 2.05) is 20.8 Å². The Balaban J connectivity index is 2.16. The number of pyridine rings is 1. The molecule has 0 radical (unpaired) electrons. The number of rotatable bonds is 13. The largest absolute Gasteiger partial charge is 0.493 e. The summed E-state index contributed by atoms with van der Waals surface area (Å²) in [7, 11) is 2.84. The second kappa shape index (κ2) is 13.8. The molecule has 1 aromatic heterocycles. The molecule has 2 rings (SSSR count). The van der Waals surface area contributed by atoms with Crippen LogP contribution in [0, 0.1) is 24.6 Å². The molecule has 0 saturated carbocycles. The maximum atomic E-state index is 13.6. The molecule has 8 nitrogen and oxygen atoms in total. The Bertz CT molecular complexity index is 1100. The number of ether oxygens (including phenoxy) is 4. The van der Waals surface area contributed by atoms with Crippen LogP contribution in [0.25, 0.3) is 0 Å². The van der Waals surface area contributed by atoms with Gasteiger partial charge in [-0.05, 0) is 43.0 Å². The Labute approximate surface area is 217 Å². The fourth-order valence-electron chi connectivity index (χ4n) is 4.24. The molecule has 3 atom stereocenters. The molecule has 0 bridgehead atoms. The Hall–Kier alpha value is -3.33. The highest BCUT2D eigenvalue weighted by molar-refractivity contribution is 6.00. The van der Waals surface area contributed by atoms with E-state index in [4.69, 9.17) is 18.9 Å². The second-order valence-corrected chi connectivity index (χ2v) is 9.35. The molecule has 0 fully saturated rings. The van der Waals surface area contributed by atoms with Crippen LogP contribution in [-0.2, 0) is 19.1 Å². The van der Waals surface area contributed by atoms with Crippen LogP contribution >= 0.6 is 0 Å². The third-order valence-corrected chi connectivity index (χ3v) is 6.09. The SMILES string of the molecule is COCCC(=O)Oc1c(OC)ccnc1C(=O)C[C@@H](C)C(=O)O[C@@H](C)[C@H](c1ccc(F)cc1C)C(C)C. The maximum absolute atomic E-state index is 13.6. The lowest BCUT2D eigenvalue weighted by Gasteiger charge is -2.30. The second-order valence-electron chi connectivity index (χ2n) is 9.35. The maximum Gasteiger partial charge on any atom is 0.313 e. The number of aryl methyl sites for hydroxylation is 1. The Morgan fingerprint density at radius 3 is 2.35 bits per heavy atom. The first-order valence-electron chi connectivity index (χ1n) is 12.2. The van der Waals surface area contributed by atoms with Crippen LogP contribution < -0.4 is 9.47 Å². The van der Waals surface area contributed by atoms with Crippen LogP contribution in [-0.4, -0.2) is 49.6 Å². The summed E-state index contributed by atoms with van der Waals surface area (Å²) in [5, 5.41) is 0. The van der Waals surface area contributed by atoms with Crippen LogP contribution in [0.1, 0.15) is 68.1 Å². The molecule has 0 unspecified atom stereocenters. The van der Waals surface area contributed by atoms with Crippen LogP contribution in [0.4, 0.5) is 4.39 Å². The van der Waals surface area contributed by atoms with Crippen molar-refractivity contribution >= 4 is 17.7 Å². The summed E-state index contributed by atoms with van der Waals surface area (Å²) in [4.78, 5) is 42.3. The van der Waals surface area contributed by atoms with Gasteiger partial charge in [0.1, 0.15) is 11.9 Å². The Kier molecular flexibility index (Phi) is 11.2. The average molecular weight is 518 g/mol. The standard InChI is InChI=1S/C28H36FNO7/c1-16(2)25(21-9-8-20(29)14-17(21)3)19(5)36-28(33)18(4)15-22(31)26-27(23(35-7)10-12-30-26)37-24(32)11-13-34-6/h8-10,12,14,16,18-19,25H,11,13,15H2,1-7H3/t18-,19+,25-/m1/s1. The smallest absolute Gasteiger partial charge is 0.313 e. The molecule has 202 valence electrons. The number of carbonyl (C=O) groups is 3. The van der Waals surface area contributed by atoms with Gasteiger partial charge < -0.3 is 18.9 Å². The average Bonchev–Trinajstić information content (AvgIpc) is 2.83. The molecule has 0 aliphatic carbocycles. The number of esters is 2. The zero-order valence-electron chi connectivity index (χ0n) is 22.5. The van der Waals surface area contributed by atoms with Gasteiger partial charge in [-0.2, -0.15) is 0 Å². The molecule has 0 aliphatic heterocycles. The minimum Gasteiger partial charge on any atom is -0.493 e. The lowest BCUT2D eigenvalue weighted by Crippen LogP contribution is -2.30. The third kappa shape index (κ3) is 8.08. The Morgan fingerprint density at radius 2 is 1.76 bits per heavy atom. The summed E-state index contributed by atoms with van der Waals surface area (Å²) in [5.74, 6) is -2.75. The van der Waals surface area contributed by atoms with Gasteiger partial charge in [0.2, 0.25) is 5.75 Å². The fraction of sp³-hybridized carbons (Fsp3) is 0.500. The van der Waals surface area contributed by atoms with Crippen molar-refractivity contribution in [2.45, 2.75) is 59.5 Å². The number of hydrogen-bond donors (Lipinski definition) is 0. The predicted molar refractivity (Wildman–Crippen MR) is 135 cm³/mol. The zero-order valence-corrected chi connectivity index (χ0v) is 22.5. The van der Waals surface area contributed by atoms with Gasteiger partial charge in [-0.1, -0.05) is 26.8 Å². The number of Topliss-reactive ketones (excluding diaryl/α,β-unsaturated/α-hetero) is 1. The summed E-state index contributed by atoms with van der Waals surface area (Å²) in [6.45, 7) is 9.38. The van der Waals surface area contributed by atoms with Crippen molar-refractivity contribution in [3.8, 4) is 11.5 Å². The van der Waals surface area contributed by atoms with Crippen LogP contribution in [0.5, 0.6) is 11.5 Å². The number of hydrogen-bond acceptors (Lipinski definition) is 8. The topological polar surface area (TPSA) is 101 Å². The minimum absolute atomic E-state index is 0.0205. The van der Waals surface area contributed by atoms with E-state index in [0.29, 0.717) is 0 Å². The molecule has 0 aliphatic rings. The van der Waals surface area contributed by atoms with Crippen molar-refractivity contribution in [2.75, 3.05) is 20.8 Å². The van der Waals surface area contributed by atoms with Gasteiger partial charge in [0.25, 0.3) is 0 Å². The first kappa shape index (κ1) is 29.9. The summed E-state index contributed by atoms with van der Waals surface area (Å²) < 4.78 is 34.9. The van der Waals surface area contributed by atoms with Gasteiger partial charge >= 0.3 is 11.9 Å². The quantitative estimate of drug-likeness (QED) is 0.268. The molecule has 0 amide bonds. The molecule has 9 heteroatoms. The molecule has 0 saturated heterocycles. The van der Waals surface area contributed by atoms with Crippen molar-refractivity contribution in [1.29, 1.82) is 0 Å². The highest BCUT2D eigenvalue weighted by Crippen LogP contribution is 2.34. The number of benzene rings is 1. The first-order chi connectivity index (χ1) is 17.5. The van der Waals surface area contributed by atoms with Crippen molar-refractivity contribution in [2.24, 2.45) is 11.8 Å². The summed E-state index contributed by atoms with van der Waals surface area (Å²) >= 11 is 0. The van der Waals surface area contributed by atoms with Gasteiger partial charge in [-0.3, -0.25) is 14.4 Å². The zero-order chi connectivity index (χ0) is 27.7. The number of aromatic nitrogens is 1. The van der Waals surface area contributed by atoms with Crippen molar-refractivity contribution in [1.82, 2.24) is 4.98 Å². The van der Waals surface area contributed by atoms with E-state index in [9.17, 15) is 18.8 Å². The van der Waals surface area contributed by atoms with Gasteiger partial charge in [0.15, 0.2) is 17.2 Å². The van der Waals surface area contributed by atoms with Crippen LogP contribution in [0.3, 0.4) is 0 Å². The minimum atomic E-state index is -0.790. The number of carbonyl (C=O) groups excluding carboxylic acids is 3. The highest BCUT2D eigenvalue weighted by atomic mass is 19.1. The van der Waals surface area contributed by atoms with Crippen molar-refractivity contribution in [3.05, 3.63) is 53.1 Å². The highest BCUT2D eigenvalue weighted by Gasteiger charge is 2.31. The van der Waals surface area contributed by atoms with Gasteiger partial charge in [-0.25, -0.2) is 9.37 Å². The number of nitrogens with zero attached hydrogens (tertiary/aromatic N) is 1. The summed E-state index contributed by atoms with van der Waals surface area (Å²) in [5.41, 5.74) is 1.57. The van der Waals surface area contributed by atoms with Crippen molar-refractivity contribution in [3.63, 3.8) is 0 Å². The fourth-order valence-corrected chi connectivity index (χ4v) is 4.24. The molecule has 1 heterocycles. The molecule has 2 aromatic rings. The summed E-state index contributed by atoms with van der Waals surface area (Å²) in [6.07, 6.45) is 0.618.